The van der Waals surface area contributed by atoms with Crippen molar-refractivity contribution in [2.45, 2.75) is 25.8 Å². The smallest absolute Gasteiger partial charge is 0.0528 e. The Hall–Kier alpha value is -1.05. The van der Waals surface area contributed by atoms with E-state index in [0.29, 0.717) is 6.04 Å². The van der Waals surface area contributed by atoms with Gasteiger partial charge in [-0.15, -0.1) is 0 Å². The Kier molecular flexibility index (Phi) is 1.98. The van der Waals surface area contributed by atoms with E-state index < -0.39 is 0 Å². The summed E-state index contributed by atoms with van der Waals surface area (Å²) in [5.74, 6) is 0.902. The van der Waals surface area contributed by atoms with Crippen molar-refractivity contribution < 1.29 is 0 Å². The fourth-order valence-electron chi connectivity index (χ4n) is 1.70. The first-order valence-electron chi connectivity index (χ1n) is 4.51. The van der Waals surface area contributed by atoms with Gasteiger partial charge < -0.3 is 5.32 Å². The molecule has 1 aromatic rings. The molecule has 1 aromatic heterocycles. The van der Waals surface area contributed by atoms with Gasteiger partial charge in [0.1, 0.15) is 0 Å². The molecule has 0 aliphatic heterocycles. The maximum atomic E-state index is 4.05. The molecule has 12 heavy (non-hydrogen) atoms. The van der Waals surface area contributed by atoms with E-state index >= 15 is 0 Å². The maximum Gasteiger partial charge on any atom is 0.0528 e. The van der Waals surface area contributed by atoms with Gasteiger partial charge in [-0.2, -0.15) is 0 Å². The zero-order valence-corrected chi connectivity index (χ0v) is 7.33. The summed E-state index contributed by atoms with van der Waals surface area (Å²) in [6.45, 7) is 2.29. The Labute approximate surface area is 73.0 Å². The van der Waals surface area contributed by atoms with Crippen LogP contribution in [0.3, 0.4) is 0 Å². The molecule has 2 nitrogen and oxygen atoms in total. The second kappa shape index (κ2) is 3.13. The van der Waals surface area contributed by atoms with Crippen molar-refractivity contribution in [1.29, 1.82) is 0 Å². The van der Waals surface area contributed by atoms with Crippen LogP contribution in [0.15, 0.2) is 24.5 Å². The molecule has 1 saturated carbocycles. The number of hydrogen-bond donors (Lipinski definition) is 1. The van der Waals surface area contributed by atoms with E-state index in [-0.39, 0.29) is 0 Å². The number of nitrogens with zero attached hydrogens (tertiary/aromatic N) is 1. The van der Waals surface area contributed by atoms with Crippen LogP contribution in [0.5, 0.6) is 0 Å². The van der Waals surface area contributed by atoms with Crippen LogP contribution < -0.4 is 5.32 Å². The van der Waals surface area contributed by atoms with Crippen LogP contribution in [0.4, 0.5) is 5.69 Å². The van der Waals surface area contributed by atoms with Gasteiger partial charge in [0.15, 0.2) is 0 Å². The fraction of sp³-hybridized carbons (Fsp3) is 0.500. The van der Waals surface area contributed by atoms with Gasteiger partial charge in [-0.05, 0) is 30.9 Å². The Morgan fingerprint density at radius 1 is 1.50 bits per heavy atom. The van der Waals surface area contributed by atoms with Gasteiger partial charge in [0, 0.05) is 18.4 Å². The molecule has 0 unspecified atom stereocenters. The molecule has 1 aliphatic carbocycles. The Balaban J connectivity index is 1.88. The molecule has 1 fully saturated rings. The molecule has 0 bridgehead atoms. The van der Waals surface area contributed by atoms with E-state index in [9.17, 15) is 0 Å². The minimum atomic E-state index is 0.684. The third kappa shape index (κ3) is 1.58. The van der Waals surface area contributed by atoms with Crippen molar-refractivity contribution in [3.05, 3.63) is 24.5 Å². The lowest BCUT2D eigenvalue weighted by atomic mass is 9.82. The molecule has 1 N–H and O–H groups in total. The first kappa shape index (κ1) is 7.59. The van der Waals surface area contributed by atoms with Crippen LogP contribution in [0.1, 0.15) is 19.8 Å². The van der Waals surface area contributed by atoms with Gasteiger partial charge >= 0.3 is 0 Å². The molecule has 2 rings (SSSR count). The highest BCUT2D eigenvalue weighted by Crippen LogP contribution is 2.28. The number of aromatic nitrogens is 1. The average molecular weight is 162 g/mol. The normalized spacial score (nSPS) is 27.8. The summed E-state index contributed by atoms with van der Waals surface area (Å²) in [5, 5.41) is 3.45. The van der Waals surface area contributed by atoms with E-state index in [1.807, 2.05) is 12.3 Å². The SMILES string of the molecule is CC1CC(Nc2cccnc2)C1. The predicted molar refractivity (Wildman–Crippen MR) is 50.0 cm³/mol. The molecule has 1 heterocycles. The van der Waals surface area contributed by atoms with Crippen molar-refractivity contribution in [1.82, 2.24) is 4.98 Å². The summed E-state index contributed by atoms with van der Waals surface area (Å²) < 4.78 is 0. The average Bonchev–Trinajstić information content (AvgIpc) is 2.04. The third-order valence-corrected chi connectivity index (χ3v) is 2.41. The Morgan fingerprint density at radius 3 is 2.92 bits per heavy atom. The first-order chi connectivity index (χ1) is 5.84. The molecule has 1 aliphatic rings. The molecule has 0 spiro atoms. The number of rotatable bonds is 2. The number of pyridine rings is 1. The topological polar surface area (TPSA) is 24.9 Å². The standard InChI is InChI=1S/C10H14N2/c1-8-5-10(6-8)12-9-3-2-4-11-7-9/h2-4,7-8,10,12H,5-6H2,1H3. The van der Waals surface area contributed by atoms with Gasteiger partial charge in [0.05, 0.1) is 5.69 Å². The summed E-state index contributed by atoms with van der Waals surface area (Å²) in [7, 11) is 0. The summed E-state index contributed by atoms with van der Waals surface area (Å²) in [6.07, 6.45) is 6.28. The molecule has 64 valence electrons. The zero-order chi connectivity index (χ0) is 8.39. The van der Waals surface area contributed by atoms with E-state index in [4.69, 9.17) is 0 Å². The quantitative estimate of drug-likeness (QED) is 0.721. The van der Waals surface area contributed by atoms with Gasteiger partial charge in [0.2, 0.25) is 0 Å². The third-order valence-electron chi connectivity index (χ3n) is 2.41. The number of nitrogens with one attached hydrogen (secondary N) is 1. The maximum absolute atomic E-state index is 4.05. The Bertz CT molecular complexity index is 239. The molecule has 0 saturated heterocycles. The molecular weight excluding hydrogens is 148 g/mol. The van der Waals surface area contributed by atoms with Crippen molar-refractivity contribution in [3.63, 3.8) is 0 Å². The van der Waals surface area contributed by atoms with Gasteiger partial charge in [-0.3, -0.25) is 4.98 Å². The molecule has 0 amide bonds. The van der Waals surface area contributed by atoms with E-state index in [0.717, 1.165) is 11.6 Å². The minimum absolute atomic E-state index is 0.684. The highest BCUT2D eigenvalue weighted by Gasteiger charge is 2.24. The van der Waals surface area contributed by atoms with Gasteiger partial charge in [-0.25, -0.2) is 0 Å². The molecule has 0 aromatic carbocycles. The lowest BCUT2D eigenvalue weighted by Crippen LogP contribution is -2.33. The van der Waals surface area contributed by atoms with E-state index in [1.54, 1.807) is 6.20 Å². The summed E-state index contributed by atoms with van der Waals surface area (Å²) in [6, 6.07) is 4.71. The van der Waals surface area contributed by atoms with Crippen LogP contribution in [-0.4, -0.2) is 11.0 Å². The minimum Gasteiger partial charge on any atom is -0.381 e. The van der Waals surface area contributed by atoms with Gasteiger partial charge in [0.25, 0.3) is 0 Å². The number of anilines is 1. The molecule has 0 atom stereocenters. The van der Waals surface area contributed by atoms with Crippen molar-refractivity contribution >= 4 is 5.69 Å². The van der Waals surface area contributed by atoms with Crippen LogP contribution in [0, 0.1) is 5.92 Å². The van der Waals surface area contributed by atoms with Gasteiger partial charge in [-0.1, -0.05) is 6.92 Å². The monoisotopic (exact) mass is 162 g/mol. The van der Waals surface area contributed by atoms with Crippen LogP contribution >= 0.6 is 0 Å². The predicted octanol–water partition coefficient (Wildman–Crippen LogP) is 2.29. The summed E-state index contributed by atoms with van der Waals surface area (Å²) in [5.41, 5.74) is 1.15. The van der Waals surface area contributed by atoms with Crippen LogP contribution in [0.2, 0.25) is 0 Å². The second-order valence-corrected chi connectivity index (χ2v) is 3.66. The molecule has 2 heteroatoms. The van der Waals surface area contributed by atoms with Crippen molar-refractivity contribution in [2.75, 3.05) is 5.32 Å². The first-order valence-corrected chi connectivity index (χ1v) is 4.51. The van der Waals surface area contributed by atoms with E-state index in [1.165, 1.54) is 12.8 Å². The summed E-state index contributed by atoms with van der Waals surface area (Å²) >= 11 is 0. The highest BCUT2D eigenvalue weighted by molar-refractivity contribution is 5.41. The highest BCUT2D eigenvalue weighted by atomic mass is 14.9. The molecule has 0 radical (unpaired) electrons. The Morgan fingerprint density at radius 2 is 2.33 bits per heavy atom. The lowest BCUT2D eigenvalue weighted by Gasteiger charge is -2.33. The number of hydrogen-bond acceptors (Lipinski definition) is 2. The van der Waals surface area contributed by atoms with E-state index in [2.05, 4.69) is 23.3 Å². The van der Waals surface area contributed by atoms with Crippen LogP contribution in [-0.2, 0) is 0 Å². The van der Waals surface area contributed by atoms with Crippen LogP contribution in [0.25, 0.3) is 0 Å². The zero-order valence-electron chi connectivity index (χ0n) is 7.33. The van der Waals surface area contributed by atoms with Crippen molar-refractivity contribution in [3.8, 4) is 0 Å². The largest absolute Gasteiger partial charge is 0.381 e. The second-order valence-electron chi connectivity index (χ2n) is 3.66. The fourth-order valence-corrected chi connectivity index (χ4v) is 1.70. The van der Waals surface area contributed by atoms with Crippen molar-refractivity contribution in [2.24, 2.45) is 5.92 Å². The summed E-state index contributed by atoms with van der Waals surface area (Å²) in [4.78, 5) is 4.05. The lowest BCUT2D eigenvalue weighted by molar-refractivity contribution is 0.309. The molecular formula is C10H14N2.